The molecule has 0 spiro atoms. The number of piperidine rings is 3. The number of nitrogens with one attached hydrogen (secondary N) is 3. The predicted octanol–water partition coefficient (Wildman–Crippen LogP) is 4.86. The Hall–Kier alpha value is -3.31. The van der Waals surface area contributed by atoms with Crippen molar-refractivity contribution < 1.29 is 27.6 Å². The summed E-state index contributed by atoms with van der Waals surface area (Å²) in [7, 11) is 1.80. The van der Waals surface area contributed by atoms with Gasteiger partial charge >= 0.3 is 6.18 Å². The summed E-state index contributed by atoms with van der Waals surface area (Å²) in [5.41, 5.74) is 1.18. The van der Waals surface area contributed by atoms with Crippen LogP contribution in [0.2, 0.25) is 0 Å². The van der Waals surface area contributed by atoms with Crippen molar-refractivity contribution in [2.45, 2.75) is 69.2 Å². The topological polar surface area (TPSA) is 93.8 Å². The maximum atomic E-state index is 13.9. The summed E-state index contributed by atoms with van der Waals surface area (Å²) < 4.78 is 41.6. The fourth-order valence-electron chi connectivity index (χ4n) is 6.65. The van der Waals surface area contributed by atoms with Crippen LogP contribution in [0.15, 0.2) is 36.4 Å². The fourth-order valence-corrected chi connectivity index (χ4v) is 6.92. The molecule has 5 rings (SSSR count). The molecule has 43 heavy (non-hydrogen) atoms. The number of anilines is 2. The summed E-state index contributed by atoms with van der Waals surface area (Å²) in [6.45, 7) is 4.93. The van der Waals surface area contributed by atoms with E-state index in [1.165, 1.54) is 13.0 Å². The quantitative estimate of drug-likeness (QED) is 0.328. The molecule has 0 radical (unpaired) electrons. The zero-order valence-electron chi connectivity index (χ0n) is 24.4. The molecule has 12 heteroatoms. The largest absolute Gasteiger partial charge is 0.416 e. The second-order valence-electron chi connectivity index (χ2n) is 11.9. The van der Waals surface area contributed by atoms with E-state index < -0.39 is 23.6 Å². The Labute approximate surface area is 254 Å². The van der Waals surface area contributed by atoms with Gasteiger partial charge in [-0.15, -0.1) is 11.6 Å². The molecule has 3 heterocycles. The van der Waals surface area contributed by atoms with Gasteiger partial charge in [0, 0.05) is 62.6 Å². The van der Waals surface area contributed by atoms with Crippen molar-refractivity contribution >= 4 is 40.7 Å². The lowest BCUT2D eigenvalue weighted by Crippen LogP contribution is -2.57. The summed E-state index contributed by atoms with van der Waals surface area (Å²) in [5, 5.41) is 8.90. The molecule has 0 saturated carbocycles. The highest BCUT2D eigenvalue weighted by Gasteiger charge is 2.43. The molecule has 3 amide bonds. The van der Waals surface area contributed by atoms with E-state index in [9.17, 15) is 27.6 Å². The van der Waals surface area contributed by atoms with Crippen molar-refractivity contribution in [3.8, 4) is 0 Å². The summed E-state index contributed by atoms with van der Waals surface area (Å²) in [4.78, 5) is 41.8. The highest BCUT2D eigenvalue weighted by Crippen LogP contribution is 2.40. The van der Waals surface area contributed by atoms with Crippen LogP contribution >= 0.6 is 11.6 Å². The predicted molar refractivity (Wildman–Crippen MR) is 159 cm³/mol. The number of likely N-dealkylation sites (N-methyl/N-ethyl adjacent to an activating group) is 1. The number of carbonyl (C=O) groups excluding carboxylic acids is 3. The van der Waals surface area contributed by atoms with E-state index in [0.717, 1.165) is 23.3 Å². The van der Waals surface area contributed by atoms with Crippen molar-refractivity contribution in [1.82, 2.24) is 15.5 Å². The Kier molecular flexibility index (Phi) is 8.94. The average Bonchev–Trinajstić information content (AvgIpc) is 2.95. The van der Waals surface area contributed by atoms with Crippen LogP contribution in [0.3, 0.4) is 0 Å². The van der Waals surface area contributed by atoms with Gasteiger partial charge in [0.25, 0.3) is 5.91 Å². The molecule has 3 N–H and O–H groups in total. The zero-order chi connectivity index (χ0) is 31.1. The van der Waals surface area contributed by atoms with E-state index in [4.69, 9.17) is 11.6 Å². The van der Waals surface area contributed by atoms with Crippen LogP contribution in [0, 0.1) is 12.8 Å². The molecule has 2 aromatic rings. The van der Waals surface area contributed by atoms with Crippen LogP contribution in [-0.2, 0) is 15.8 Å². The Morgan fingerprint density at radius 3 is 2.47 bits per heavy atom. The van der Waals surface area contributed by atoms with Crippen molar-refractivity contribution in [2.75, 3.05) is 36.9 Å². The first-order valence-electron chi connectivity index (χ1n) is 14.6. The molecule has 4 atom stereocenters. The lowest BCUT2D eigenvalue weighted by molar-refractivity contribution is -0.140. The van der Waals surface area contributed by atoms with E-state index in [2.05, 4.69) is 16.0 Å². The Bertz CT molecular complexity index is 1400. The number of amides is 3. The second kappa shape index (κ2) is 12.4. The van der Waals surface area contributed by atoms with Crippen LogP contribution in [0.25, 0.3) is 0 Å². The Morgan fingerprint density at radius 2 is 1.79 bits per heavy atom. The number of likely N-dealkylation sites (tertiary alicyclic amines) is 1. The molecular weight excluding hydrogens is 583 g/mol. The molecule has 3 fully saturated rings. The van der Waals surface area contributed by atoms with Crippen molar-refractivity contribution in [3.63, 3.8) is 0 Å². The number of alkyl halides is 4. The van der Waals surface area contributed by atoms with E-state index in [1.54, 1.807) is 29.0 Å². The molecule has 0 aliphatic carbocycles. The highest BCUT2D eigenvalue weighted by atomic mass is 35.5. The Morgan fingerprint density at radius 1 is 1.07 bits per heavy atom. The number of rotatable bonds is 5. The monoisotopic (exact) mass is 619 g/mol. The molecular formula is C31H37ClF3N5O3. The van der Waals surface area contributed by atoms with Gasteiger partial charge in [-0.1, -0.05) is 6.07 Å². The number of fused-ring (bicyclic) bond motifs is 1. The van der Waals surface area contributed by atoms with Crippen molar-refractivity contribution in [1.29, 1.82) is 0 Å². The first-order chi connectivity index (χ1) is 20.3. The van der Waals surface area contributed by atoms with Gasteiger partial charge in [-0.3, -0.25) is 14.4 Å². The van der Waals surface area contributed by atoms with E-state index in [1.807, 2.05) is 13.0 Å². The van der Waals surface area contributed by atoms with Gasteiger partial charge < -0.3 is 25.8 Å². The number of halogens is 4. The van der Waals surface area contributed by atoms with Crippen LogP contribution in [0.4, 0.5) is 24.5 Å². The second-order valence-corrected chi connectivity index (χ2v) is 12.5. The van der Waals surface area contributed by atoms with Gasteiger partial charge in [-0.2, -0.15) is 13.2 Å². The van der Waals surface area contributed by atoms with E-state index >= 15 is 0 Å². The Balaban J connectivity index is 1.36. The van der Waals surface area contributed by atoms with Gasteiger partial charge in [-0.25, -0.2) is 0 Å². The normalized spacial score (nSPS) is 24.9. The molecule has 3 aliphatic rings. The first kappa shape index (κ1) is 31.1. The van der Waals surface area contributed by atoms with Crippen LogP contribution < -0.4 is 20.9 Å². The molecule has 8 nitrogen and oxygen atoms in total. The van der Waals surface area contributed by atoms with Gasteiger partial charge in [0.15, 0.2) is 0 Å². The number of benzene rings is 2. The molecule has 232 valence electrons. The molecule has 0 bridgehead atoms. The average molecular weight is 620 g/mol. The SMILES string of the molecule is CC(=O)NC1CCN(c2cc(C(=O)Nc3ccc(C)c(C4CC5CNC(Cl)CC5N(C)C4=O)c3)cc(C(F)(F)F)c2)CC1. The fraction of sp³-hybridized carbons (Fsp3) is 0.516. The minimum absolute atomic E-state index is 0.0108. The standard InChI is InChI=1S/C31H37ClF3N5O3/c1-17-4-5-23(14-25(17)26-12-20-16-36-28(32)15-27(20)39(3)30(26)43)38-29(42)19-10-21(31(33,34)35)13-24(11-19)40-8-6-22(7-9-40)37-18(2)41/h4-5,10-11,13-14,20,22,26-28,36H,6-9,12,15-16H2,1-3H3,(H,37,41)(H,38,42). The molecule has 4 unspecified atom stereocenters. The third kappa shape index (κ3) is 6.93. The molecule has 0 aromatic heterocycles. The van der Waals surface area contributed by atoms with Crippen LogP contribution in [0.1, 0.15) is 65.6 Å². The minimum atomic E-state index is -4.64. The summed E-state index contributed by atoms with van der Waals surface area (Å²) in [6.07, 6.45) is -2.16. The molecule has 3 saturated heterocycles. The summed E-state index contributed by atoms with van der Waals surface area (Å²) in [5.74, 6) is -1.00. The lowest BCUT2D eigenvalue weighted by atomic mass is 9.76. The van der Waals surface area contributed by atoms with Gasteiger partial charge in [0.1, 0.15) is 0 Å². The van der Waals surface area contributed by atoms with Crippen LogP contribution in [0.5, 0.6) is 0 Å². The lowest BCUT2D eigenvalue weighted by Gasteiger charge is -2.46. The number of aryl methyl sites for hydroxylation is 1. The number of hydrogen-bond acceptors (Lipinski definition) is 5. The minimum Gasteiger partial charge on any atom is -0.371 e. The van der Waals surface area contributed by atoms with Gasteiger partial charge in [0.05, 0.1) is 17.0 Å². The summed E-state index contributed by atoms with van der Waals surface area (Å²) in [6, 6.07) is 8.67. The number of carbonyl (C=O) groups is 3. The van der Waals surface area contributed by atoms with Crippen molar-refractivity contribution in [2.24, 2.45) is 5.92 Å². The van der Waals surface area contributed by atoms with E-state index in [0.29, 0.717) is 56.7 Å². The third-order valence-corrected chi connectivity index (χ3v) is 9.30. The maximum Gasteiger partial charge on any atom is 0.416 e. The smallest absolute Gasteiger partial charge is 0.371 e. The third-order valence-electron chi connectivity index (χ3n) is 8.96. The zero-order valence-corrected chi connectivity index (χ0v) is 25.2. The first-order valence-corrected chi connectivity index (χ1v) is 15.0. The number of nitrogens with zero attached hydrogens (tertiary/aromatic N) is 2. The molecule has 2 aromatic carbocycles. The summed E-state index contributed by atoms with van der Waals surface area (Å²) >= 11 is 6.29. The maximum absolute atomic E-state index is 13.9. The number of hydrogen-bond donors (Lipinski definition) is 3. The highest BCUT2D eigenvalue weighted by molar-refractivity contribution is 6.20. The van der Waals surface area contributed by atoms with Crippen molar-refractivity contribution in [3.05, 3.63) is 58.7 Å². The van der Waals surface area contributed by atoms with Gasteiger partial charge in [-0.05, 0) is 80.0 Å². The molecule has 3 aliphatic heterocycles. The van der Waals surface area contributed by atoms with E-state index in [-0.39, 0.29) is 40.9 Å². The van der Waals surface area contributed by atoms with Gasteiger partial charge in [0.2, 0.25) is 11.8 Å². The van der Waals surface area contributed by atoms with Crippen LogP contribution in [-0.4, -0.2) is 66.9 Å².